The van der Waals surface area contributed by atoms with Gasteiger partial charge in [0.2, 0.25) is 0 Å². The molecule has 0 saturated heterocycles. The molecule has 0 aromatic carbocycles. The van der Waals surface area contributed by atoms with E-state index in [1.54, 1.807) is 0 Å². The van der Waals surface area contributed by atoms with Gasteiger partial charge in [-0.3, -0.25) is 0 Å². The van der Waals surface area contributed by atoms with Crippen molar-refractivity contribution in [2.24, 2.45) is 11.8 Å². The summed E-state index contributed by atoms with van der Waals surface area (Å²) in [5, 5.41) is 0. The normalized spacial score (nSPS) is 18.7. The molecule has 0 atom stereocenters. The number of rotatable bonds is 20. The third-order valence-electron chi connectivity index (χ3n) is 9.13. The van der Waals surface area contributed by atoms with Gasteiger partial charge < -0.3 is 4.74 Å². The maximum atomic E-state index is 7.20. The van der Waals surface area contributed by atoms with Gasteiger partial charge in [0.1, 0.15) is 0 Å². The molecule has 33 heavy (non-hydrogen) atoms. The molecular formula is C32H62O. The molecule has 0 N–H and O–H groups in total. The van der Waals surface area contributed by atoms with Crippen LogP contribution in [0.4, 0.5) is 0 Å². The minimum atomic E-state index is 0.228. The molecule has 2 fully saturated rings. The van der Waals surface area contributed by atoms with Crippen LogP contribution in [0.2, 0.25) is 0 Å². The van der Waals surface area contributed by atoms with Crippen molar-refractivity contribution in [1.29, 1.82) is 0 Å². The average Bonchev–Trinajstić information content (AvgIpc) is 2.87. The molecule has 0 bridgehead atoms. The summed E-state index contributed by atoms with van der Waals surface area (Å²) in [6.45, 7) is 5.68. The summed E-state index contributed by atoms with van der Waals surface area (Å²) in [6.07, 6.45) is 37.1. The second kappa shape index (κ2) is 19.2. The highest BCUT2D eigenvalue weighted by Crippen LogP contribution is 2.48. The van der Waals surface area contributed by atoms with Gasteiger partial charge in [-0.1, -0.05) is 142 Å². The van der Waals surface area contributed by atoms with E-state index in [1.165, 1.54) is 167 Å². The van der Waals surface area contributed by atoms with Crippen molar-refractivity contribution in [2.75, 3.05) is 6.61 Å². The van der Waals surface area contributed by atoms with E-state index in [-0.39, 0.29) is 5.60 Å². The smallest absolute Gasteiger partial charge is 0.0738 e. The van der Waals surface area contributed by atoms with E-state index in [2.05, 4.69) is 13.8 Å². The van der Waals surface area contributed by atoms with Crippen LogP contribution < -0.4 is 0 Å². The Hall–Kier alpha value is -0.0400. The predicted molar refractivity (Wildman–Crippen MR) is 147 cm³/mol. The van der Waals surface area contributed by atoms with Crippen molar-refractivity contribution in [3.63, 3.8) is 0 Å². The van der Waals surface area contributed by atoms with Gasteiger partial charge in [-0.2, -0.15) is 0 Å². The van der Waals surface area contributed by atoms with Crippen LogP contribution in [0, 0.1) is 11.8 Å². The van der Waals surface area contributed by atoms with Crippen LogP contribution in [0.1, 0.15) is 181 Å². The van der Waals surface area contributed by atoms with Crippen molar-refractivity contribution >= 4 is 0 Å². The van der Waals surface area contributed by atoms with Crippen molar-refractivity contribution in [3.05, 3.63) is 0 Å². The SMILES string of the molecule is CCCCCCCCCCOC(CCCCCCCCC)(C1CCCCC1)C1CCCCC1. The summed E-state index contributed by atoms with van der Waals surface area (Å²) in [6, 6.07) is 0. The first kappa shape index (κ1) is 29.2. The molecule has 2 saturated carbocycles. The van der Waals surface area contributed by atoms with Crippen LogP contribution in [-0.4, -0.2) is 12.2 Å². The number of unbranched alkanes of at least 4 members (excludes halogenated alkanes) is 13. The van der Waals surface area contributed by atoms with Crippen molar-refractivity contribution < 1.29 is 4.74 Å². The molecule has 0 radical (unpaired) electrons. The van der Waals surface area contributed by atoms with E-state index in [1.807, 2.05) is 0 Å². The molecule has 0 heterocycles. The van der Waals surface area contributed by atoms with Gasteiger partial charge in [0.15, 0.2) is 0 Å². The van der Waals surface area contributed by atoms with Crippen molar-refractivity contribution in [1.82, 2.24) is 0 Å². The lowest BCUT2D eigenvalue weighted by atomic mass is 9.64. The maximum absolute atomic E-state index is 7.20. The van der Waals surface area contributed by atoms with Gasteiger partial charge >= 0.3 is 0 Å². The van der Waals surface area contributed by atoms with E-state index < -0.39 is 0 Å². The predicted octanol–water partition coefficient (Wildman–Crippen LogP) is 11.2. The lowest BCUT2D eigenvalue weighted by Crippen LogP contribution is -2.49. The first-order valence-electron chi connectivity index (χ1n) is 16.0. The molecule has 1 nitrogen and oxygen atoms in total. The molecule has 0 aromatic rings. The van der Waals surface area contributed by atoms with Crippen LogP contribution in [0.5, 0.6) is 0 Å². The van der Waals surface area contributed by atoms with E-state index in [9.17, 15) is 0 Å². The zero-order valence-corrected chi connectivity index (χ0v) is 23.2. The summed E-state index contributed by atoms with van der Waals surface area (Å²) >= 11 is 0. The van der Waals surface area contributed by atoms with E-state index in [0.717, 1.165) is 18.4 Å². The lowest BCUT2D eigenvalue weighted by molar-refractivity contribution is -0.149. The van der Waals surface area contributed by atoms with Gasteiger partial charge in [0.25, 0.3) is 0 Å². The highest BCUT2D eigenvalue weighted by Gasteiger charge is 2.46. The zero-order chi connectivity index (χ0) is 23.5. The zero-order valence-electron chi connectivity index (χ0n) is 23.2. The number of ether oxygens (including phenoxy) is 1. The molecule has 2 aliphatic carbocycles. The minimum Gasteiger partial charge on any atom is -0.374 e. The Balaban J connectivity index is 1.88. The summed E-state index contributed by atoms with van der Waals surface area (Å²) < 4.78 is 7.20. The van der Waals surface area contributed by atoms with Crippen LogP contribution in [0.25, 0.3) is 0 Å². The summed E-state index contributed by atoms with van der Waals surface area (Å²) in [7, 11) is 0. The van der Waals surface area contributed by atoms with Crippen LogP contribution in [0.15, 0.2) is 0 Å². The molecule has 0 spiro atoms. The Morgan fingerprint density at radius 3 is 1.33 bits per heavy atom. The standard InChI is InChI=1S/C32H62O/c1-3-5-7-9-11-13-15-23-29-33-32(30-24-18-16-19-25-30,31-26-20-17-21-27-31)28-22-14-12-10-8-6-4-2/h30-31H,3-29H2,1-2H3. The first-order valence-corrected chi connectivity index (χ1v) is 16.0. The van der Waals surface area contributed by atoms with Gasteiger partial charge in [0, 0.05) is 6.61 Å². The van der Waals surface area contributed by atoms with Crippen molar-refractivity contribution in [3.8, 4) is 0 Å². The van der Waals surface area contributed by atoms with Gasteiger partial charge in [-0.25, -0.2) is 0 Å². The Morgan fingerprint density at radius 2 is 0.879 bits per heavy atom. The van der Waals surface area contributed by atoms with Crippen LogP contribution in [-0.2, 0) is 4.74 Å². The molecule has 0 aromatic heterocycles. The fourth-order valence-electron chi connectivity index (χ4n) is 7.09. The lowest BCUT2D eigenvalue weighted by Gasteiger charge is -2.49. The van der Waals surface area contributed by atoms with Crippen LogP contribution >= 0.6 is 0 Å². The highest BCUT2D eigenvalue weighted by atomic mass is 16.5. The Labute approximate surface area is 209 Å². The number of hydrogen-bond donors (Lipinski definition) is 0. The van der Waals surface area contributed by atoms with Crippen molar-refractivity contribution in [2.45, 2.75) is 186 Å². The Bertz CT molecular complexity index is 400. The molecule has 1 heteroatoms. The Morgan fingerprint density at radius 1 is 0.485 bits per heavy atom. The molecule has 196 valence electrons. The largest absolute Gasteiger partial charge is 0.374 e. The van der Waals surface area contributed by atoms with Gasteiger partial charge in [-0.15, -0.1) is 0 Å². The fourth-order valence-corrected chi connectivity index (χ4v) is 7.09. The summed E-state index contributed by atoms with van der Waals surface area (Å²) in [5.41, 5.74) is 0.228. The quantitative estimate of drug-likeness (QED) is 0.163. The fraction of sp³-hybridized carbons (Fsp3) is 1.00. The third kappa shape index (κ3) is 11.5. The molecule has 0 unspecified atom stereocenters. The average molecular weight is 463 g/mol. The van der Waals surface area contributed by atoms with Gasteiger partial charge in [-0.05, 0) is 50.4 Å². The maximum Gasteiger partial charge on any atom is 0.0738 e. The third-order valence-corrected chi connectivity index (χ3v) is 9.13. The molecule has 0 amide bonds. The second-order valence-corrected chi connectivity index (χ2v) is 11.8. The molecule has 2 rings (SSSR count). The monoisotopic (exact) mass is 462 g/mol. The minimum absolute atomic E-state index is 0.228. The first-order chi connectivity index (χ1) is 16.3. The summed E-state index contributed by atoms with van der Waals surface area (Å²) in [5.74, 6) is 1.70. The highest BCUT2D eigenvalue weighted by molar-refractivity contribution is 4.96. The van der Waals surface area contributed by atoms with E-state index in [0.29, 0.717) is 0 Å². The van der Waals surface area contributed by atoms with Crippen LogP contribution in [0.3, 0.4) is 0 Å². The molecular weight excluding hydrogens is 400 g/mol. The van der Waals surface area contributed by atoms with E-state index in [4.69, 9.17) is 4.74 Å². The summed E-state index contributed by atoms with van der Waals surface area (Å²) in [4.78, 5) is 0. The van der Waals surface area contributed by atoms with Gasteiger partial charge in [0.05, 0.1) is 5.60 Å². The Kier molecular flexibility index (Phi) is 17.0. The van der Waals surface area contributed by atoms with E-state index >= 15 is 0 Å². The molecule has 2 aliphatic rings. The molecule has 0 aliphatic heterocycles. The number of hydrogen-bond acceptors (Lipinski definition) is 1. The second-order valence-electron chi connectivity index (χ2n) is 11.8. The topological polar surface area (TPSA) is 9.23 Å².